The van der Waals surface area contributed by atoms with Gasteiger partial charge in [0, 0.05) is 17.2 Å². The van der Waals surface area contributed by atoms with Crippen LogP contribution in [0.5, 0.6) is 5.75 Å². The van der Waals surface area contributed by atoms with Crippen LogP contribution in [0.25, 0.3) is 0 Å². The Morgan fingerprint density at radius 2 is 1.68 bits per heavy atom. The number of ether oxygens (including phenoxy) is 1. The number of carbonyl (C=O) groups excluding carboxylic acids is 4. The van der Waals surface area contributed by atoms with Crippen LogP contribution >= 0.6 is 0 Å². The van der Waals surface area contributed by atoms with Gasteiger partial charge in [0.15, 0.2) is 5.78 Å². The summed E-state index contributed by atoms with van der Waals surface area (Å²) in [6.45, 7) is 4.79. The molecule has 0 aromatic heterocycles. The summed E-state index contributed by atoms with van der Waals surface area (Å²) in [6, 6.07) is 12.5. The first-order chi connectivity index (χ1) is 14.7. The molecule has 4 amide bonds. The van der Waals surface area contributed by atoms with E-state index in [1.807, 2.05) is 0 Å². The molecule has 1 aliphatic heterocycles. The second-order valence-electron chi connectivity index (χ2n) is 7.82. The van der Waals surface area contributed by atoms with Crippen LogP contribution in [0.3, 0.4) is 0 Å². The molecule has 0 bridgehead atoms. The summed E-state index contributed by atoms with van der Waals surface area (Å²) >= 11 is 0. The highest BCUT2D eigenvalue weighted by atomic mass is 16.5. The molecule has 8 heteroatoms. The van der Waals surface area contributed by atoms with Crippen molar-refractivity contribution in [3.8, 4) is 5.75 Å². The first-order valence-electron chi connectivity index (χ1n) is 9.88. The second-order valence-corrected chi connectivity index (χ2v) is 7.82. The quantitative estimate of drug-likeness (QED) is 0.526. The van der Waals surface area contributed by atoms with Gasteiger partial charge in [-0.25, -0.2) is 4.79 Å². The van der Waals surface area contributed by atoms with Crippen molar-refractivity contribution in [3.63, 3.8) is 0 Å². The minimum atomic E-state index is -1.27. The number of methoxy groups -OCH3 is 1. The van der Waals surface area contributed by atoms with Crippen molar-refractivity contribution in [1.82, 2.24) is 10.2 Å². The average molecular weight is 423 g/mol. The Hall–Kier alpha value is -3.68. The molecule has 8 nitrogen and oxygen atoms in total. The van der Waals surface area contributed by atoms with E-state index < -0.39 is 17.5 Å². The Morgan fingerprint density at radius 3 is 2.23 bits per heavy atom. The van der Waals surface area contributed by atoms with Gasteiger partial charge >= 0.3 is 6.03 Å². The SMILES string of the molecule is COc1ccc(C2(C)NC(=O)N(CC(=O)c3ccc(NC(=O)C(C)C)cc3)C2=O)cc1. The second kappa shape index (κ2) is 8.59. The molecule has 1 unspecified atom stereocenters. The molecular formula is C23H25N3O5. The number of benzene rings is 2. The van der Waals surface area contributed by atoms with Crippen LogP contribution in [0, 0.1) is 5.92 Å². The highest BCUT2D eigenvalue weighted by Gasteiger charge is 2.49. The minimum absolute atomic E-state index is 0.128. The molecular weight excluding hydrogens is 398 g/mol. The zero-order chi connectivity index (χ0) is 22.8. The Bertz CT molecular complexity index is 1010. The summed E-state index contributed by atoms with van der Waals surface area (Å²) in [5, 5.41) is 5.42. The number of amides is 4. The van der Waals surface area contributed by atoms with Gasteiger partial charge in [0.2, 0.25) is 5.91 Å². The lowest BCUT2D eigenvalue weighted by Gasteiger charge is -2.22. The number of hydrogen-bond acceptors (Lipinski definition) is 5. The van der Waals surface area contributed by atoms with E-state index in [4.69, 9.17) is 4.74 Å². The van der Waals surface area contributed by atoms with Crippen LogP contribution in [0.15, 0.2) is 48.5 Å². The van der Waals surface area contributed by atoms with Gasteiger partial charge in [-0.1, -0.05) is 26.0 Å². The summed E-state index contributed by atoms with van der Waals surface area (Å²) < 4.78 is 5.13. The summed E-state index contributed by atoms with van der Waals surface area (Å²) in [4.78, 5) is 50.9. The van der Waals surface area contributed by atoms with Gasteiger partial charge in [-0.15, -0.1) is 0 Å². The van der Waals surface area contributed by atoms with E-state index >= 15 is 0 Å². The molecule has 2 aromatic carbocycles. The molecule has 31 heavy (non-hydrogen) atoms. The molecule has 1 fully saturated rings. The molecule has 162 valence electrons. The van der Waals surface area contributed by atoms with Crippen molar-refractivity contribution in [2.45, 2.75) is 26.3 Å². The number of Topliss-reactive ketones (excluding diaryl/α,β-unsaturated/α-hetero) is 1. The van der Waals surface area contributed by atoms with E-state index in [0.717, 1.165) is 4.90 Å². The maximum atomic E-state index is 13.0. The van der Waals surface area contributed by atoms with Crippen molar-refractivity contribution in [2.75, 3.05) is 19.0 Å². The van der Waals surface area contributed by atoms with E-state index in [1.165, 1.54) is 7.11 Å². The van der Waals surface area contributed by atoms with Crippen molar-refractivity contribution in [2.24, 2.45) is 5.92 Å². The fourth-order valence-corrected chi connectivity index (χ4v) is 3.22. The predicted molar refractivity (Wildman–Crippen MR) is 115 cm³/mol. The number of hydrogen-bond donors (Lipinski definition) is 2. The molecule has 0 radical (unpaired) electrons. The third kappa shape index (κ3) is 4.42. The number of nitrogens with zero attached hydrogens (tertiary/aromatic N) is 1. The maximum Gasteiger partial charge on any atom is 0.325 e. The summed E-state index contributed by atoms with van der Waals surface area (Å²) in [5.74, 6) is -0.553. The topological polar surface area (TPSA) is 105 Å². The third-order valence-corrected chi connectivity index (χ3v) is 5.24. The van der Waals surface area contributed by atoms with Gasteiger partial charge in [0.1, 0.15) is 11.3 Å². The number of urea groups is 1. The Kier molecular flexibility index (Phi) is 6.10. The van der Waals surface area contributed by atoms with Crippen molar-refractivity contribution in [3.05, 3.63) is 59.7 Å². The van der Waals surface area contributed by atoms with Crippen LogP contribution in [-0.2, 0) is 15.1 Å². The van der Waals surface area contributed by atoms with Crippen LogP contribution in [0.4, 0.5) is 10.5 Å². The Balaban J connectivity index is 1.72. The van der Waals surface area contributed by atoms with E-state index in [2.05, 4.69) is 10.6 Å². The third-order valence-electron chi connectivity index (χ3n) is 5.24. The summed E-state index contributed by atoms with van der Waals surface area (Å²) in [7, 11) is 1.54. The van der Waals surface area contributed by atoms with Gasteiger partial charge < -0.3 is 15.4 Å². The average Bonchev–Trinajstić information content (AvgIpc) is 2.98. The number of anilines is 1. The molecule has 0 saturated carbocycles. The number of carbonyl (C=O) groups is 4. The van der Waals surface area contributed by atoms with Crippen LogP contribution in [-0.4, -0.2) is 42.2 Å². The first kappa shape index (κ1) is 22.0. The highest BCUT2D eigenvalue weighted by Crippen LogP contribution is 2.30. The Labute approximate surface area is 180 Å². The molecule has 1 heterocycles. The van der Waals surface area contributed by atoms with Gasteiger partial charge in [0.25, 0.3) is 5.91 Å². The molecule has 2 N–H and O–H groups in total. The van der Waals surface area contributed by atoms with Crippen molar-refractivity contribution >= 4 is 29.3 Å². The summed E-state index contributed by atoms with van der Waals surface area (Å²) in [6.07, 6.45) is 0. The molecule has 0 spiro atoms. The van der Waals surface area contributed by atoms with Crippen LogP contribution in [0.2, 0.25) is 0 Å². The number of rotatable bonds is 7. The maximum absolute atomic E-state index is 13.0. The molecule has 3 rings (SSSR count). The van der Waals surface area contributed by atoms with Crippen LogP contribution < -0.4 is 15.4 Å². The predicted octanol–water partition coefficient (Wildman–Crippen LogP) is 2.94. The standard InChI is InChI=1S/C23H25N3O5/c1-14(2)20(28)24-17-9-5-15(6-10-17)19(27)13-26-21(29)23(3,25-22(26)30)16-7-11-18(31-4)12-8-16/h5-12,14H,13H2,1-4H3,(H,24,28)(H,25,30). The van der Waals surface area contributed by atoms with E-state index in [0.29, 0.717) is 22.6 Å². The van der Waals surface area contributed by atoms with E-state index in [1.54, 1.807) is 69.3 Å². The lowest BCUT2D eigenvalue weighted by molar-refractivity contribution is -0.130. The van der Waals surface area contributed by atoms with Crippen molar-refractivity contribution < 1.29 is 23.9 Å². The van der Waals surface area contributed by atoms with Gasteiger partial charge in [-0.3, -0.25) is 19.3 Å². The number of nitrogens with one attached hydrogen (secondary N) is 2. The monoisotopic (exact) mass is 423 g/mol. The fraction of sp³-hybridized carbons (Fsp3) is 0.304. The Morgan fingerprint density at radius 1 is 1.06 bits per heavy atom. The van der Waals surface area contributed by atoms with E-state index in [-0.39, 0.29) is 24.2 Å². The minimum Gasteiger partial charge on any atom is -0.497 e. The highest BCUT2D eigenvalue weighted by molar-refractivity contribution is 6.11. The van der Waals surface area contributed by atoms with Crippen LogP contribution in [0.1, 0.15) is 36.7 Å². The molecule has 1 atom stereocenters. The zero-order valence-electron chi connectivity index (χ0n) is 17.9. The number of imide groups is 1. The molecule has 2 aromatic rings. The van der Waals surface area contributed by atoms with Gasteiger partial charge in [-0.2, -0.15) is 0 Å². The fourth-order valence-electron chi connectivity index (χ4n) is 3.22. The largest absolute Gasteiger partial charge is 0.497 e. The van der Waals surface area contributed by atoms with Gasteiger partial charge in [0.05, 0.1) is 13.7 Å². The van der Waals surface area contributed by atoms with Gasteiger partial charge in [-0.05, 0) is 48.9 Å². The number of ketones is 1. The van der Waals surface area contributed by atoms with Crippen molar-refractivity contribution in [1.29, 1.82) is 0 Å². The molecule has 1 saturated heterocycles. The molecule has 0 aliphatic carbocycles. The van der Waals surface area contributed by atoms with E-state index in [9.17, 15) is 19.2 Å². The zero-order valence-corrected chi connectivity index (χ0v) is 17.9. The lowest BCUT2D eigenvalue weighted by atomic mass is 9.92. The normalized spacial score (nSPS) is 18.2. The first-order valence-corrected chi connectivity index (χ1v) is 9.88. The lowest BCUT2D eigenvalue weighted by Crippen LogP contribution is -2.41. The summed E-state index contributed by atoms with van der Waals surface area (Å²) in [5.41, 5.74) is 0.222. The molecule has 1 aliphatic rings. The smallest absolute Gasteiger partial charge is 0.325 e.